The summed E-state index contributed by atoms with van der Waals surface area (Å²) < 4.78 is 7.69. The van der Waals surface area contributed by atoms with Crippen molar-refractivity contribution in [3.63, 3.8) is 0 Å². The van der Waals surface area contributed by atoms with Gasteiger partial charge in [-0.25, -0.2) is 0 Å². The summed E-state index contributed by atoms with van der Waals surface area (Å²) in [4.78, 5) is 23.4. The van der Waals surface area contributed by atoms with E-state index in [2.05, 4.69) is 15.9 Å². The molecule has 0 aliphatic heterocycles. The molecule has 1 heterocycles. The van der Waals surface area contributed by atoms with Gasteiger partial charge in [-0.3, -0.25) is 9.59 Å². The lowest BCUT2D eigenvalue weighted by Crippen LogP contribution is -2.16. The van der Waals surface area contributed by atoms with Gasteiger partial charge in [-0.15, -0.1) is 0 Å². The van der Waals surface area contributed by atoms with E-state index in [1.54, 1.807) is 10.8 Å². The highest BCUT2D eigenvalue weighted by atomic mass is 79.9. The van der Waals surface area contributed by atoms with Crippen molar-refractivity contribution in [3.05, 3.63) is 34.4 Å². The topological polar surface area (TPSA) is 74.3 Å². The molecule has 1 aromatic carbocycles. The first-order valence-electron chi connectivity index (χ1n) is 6.62. The Bertz CT molecular complexity index is 692. The van der Waals surface area contributed by atoms with Crippen LogP contribution in [0.15, 0.2) is 28.9 Å². The van der Waals surface area contributed by atoms with E-state index in [4.69, 9.17) is 10.5 Å². The minimum atomic E-state index is -0.521. The Kier molecular flexibility index (Phi) is 4.67. The molecule has 0 fully saturated rings. The van der Waals surface area contributed by atoms with Crippen molar-refractivity contribution in [1.82, 2.24) is 4.57 Å². The number of nitrogens with zero attached hydrogens (tertiary/aromatic N) is 1. The maximum absolute atomic E-state index is 11.8. The van der Waals surface area contributed by atoms with Crippen LogP contribution in [0.1, 0.15) is 24.2 Å². The van der Waals surface area contributed by atoms with Crippen LogP contribution in [0.2, 0.25) is 0 Å². The first kappa shape index (κ1) is 15.6. The van der Waals surface area contributed by atoms with Gasteiger partial charge in [-0.05, 0) is 24.1 Å². The summed E-state index contributed by atoms with van der Waals surface area (Å²) in [6.07, 6.45) is 1.59. The molecule has 21 heavy (non-hydrogen) atoms. The fourth-order valence-corrected chi connectivity index (χ4v) is 2.40. The van der Waals surface area contributed by atoms with Crippen LogP contribution in [0, 0.1) is 5.92 Å². The molecule has 0 unspecified atom stereocenters. The smallest absolute Gasteiger partial charge is 0.325 e. The lowest BCUT2D eigenvalue weighted by atomic mass is 10.2. The van der Waals surface area contributed by atoms with Crippen molar-refractivity contribution in [1.29, 1.82) is 0 Å². The normalized spacial score (nSPS) is 11.0. The van der Waals surface area contributed by atoms with Gasteiger partial charge in [-0.2, -0.15) is 0 Å². The van der Waals surface area contributed by atoms with Gasteiger partial charge in [0.2, 0.25) is 0 Å². The Morgan fingerprint density at radius 2 is 2.10 bits per heavy atom. The van der Waals surface area contributed by atoms with Crippen LogP contribution in [0.3, 0.4) is 0 Å². The van der Waals surface area contributed by atoms with E-state index in [1.165, 1.54) is 0 Å². The number of primary amides is 1. The first-order valence-corrected chi connectivity index (χ1v) is 7.41. The molecule has 2 N–H and O–H groups in total. The van der Waals surface area contributed by atoms with Gasteiger partial charge in [-0.1, -0.05) is 29.8 Å². The van der Waals surface area contributed by atoms with E-state index in [-0.39, 0.29) is 18.4 Å². The number of hydrogen-bond donors (Lipinski definition) is 1. The summed E-state index contributed by atoms with van der Waals surface area (Å²) in [5.74, 6) is -0.570. The predicted molar refractivity (Wildman–Crippen MR) is 84.0 cm³/mol. The second-order valence-corrected chi connectivity index (χ2v) is 6.19. The Labute approximate surface area is 131 Å². The number of hydrogen-bond acceptors (Lipinski definition) is 3. The van der Waals surface area contributed by atoms with Gasteiger partial charge < -0.3 is 15.0 Å². The van der Waals surface area contributed by atoms with Gasteiger partial charge in [0.1, 0.15) is 6.54 Å². The zero-order valence-electron chi connectivity index (χ0n) is 11.9. The Hall–Kier alpha value is -1.82. The van der Waals surface area contributed by atoms with E-state index >= 15 is 0 Å². The van der Waals surface area contributed by atoms with Crippen LogP contribution in [-0.4, -0.2) is 23.1 Å². The minimum absolute atomic E-state index is 0.0537. The summed E-state index contributed by atoms with van der Waals surface area (Å²) in [7, 11) is 0. The third-order valence-corrected chi connectivity index (χ3v) is 3.48. The molecule has 112 valence electrons. The molecule has 2 aromatic rings. The van der Waals surface area contributed by atoms with Crippen LogP contribution in [0.5, 0.6) is 0 Å². The number of ether oxygens (including phenoxy) is 1. The fraction of sp³-hybridized carbons (Fsp3) is 0.333. The molecule has 5 nitrogen and oxygen atoms in total. The lowest BCUT2D eigenvalue weighted by molar-refractivity contribution is -0.145. The van der Waals surface area contributed by atoms with Gasteiger partial charge in [0.15, 0.2) is 0 Å². The van der Waals surface area contributed by atoms with Crippen LogP contribution in [0.4, 0.5) is 0 Å². The van der Waals surface area contributed by atoms with E-state index < -0.39 is 5.91 Å². The molecule has 0 bridgehead atoms. The number of benzene rings is 1. The van der Waals surface area contributed by atoms with E-state index in [9.17, 15) is 9.59 Å². The molecule has 0 aliphatic rings. The maximum Gasteiger partial charge on any atom is 0.325 e. The molecule has 0 saturated heterocycles. The van der Waals surface area contributed by atoms with Crippen molar-refractivity contribution in [3.8, 4) is 0 Å². The Morgan fingerprint density at radius 1 is 1.38 bits per heavy atom. The number of esters is 1. The van der Waals surface area contributed by atoms with E-state index in [0.717, 1.165) is 9.99 Å². The minimum Gasteiger partial charge on any atom is -0.464 e. The highest BCUT2D eigenvalue weighted by Crippen LogP contribution is 2.25. The molecular weight excluding hydrogens is 336 g/mol. The van der Waals surface area contributed by atoms with Crippen LogP contribution in [0.25, 0.3) is 10.9 Å². The number of carbonyl (C=O) groups excluding carboxylic acids is 2. The molecule has 1 amide bonds. The zero-order chi connectivity index (χ0) is 15.6. The SMILES string of the molecule is CC(C)COC(=O)Cn1cc(C(N)=O)c2cc(Br)ccc21. The average molecular weight is 353 g/mol. The molecule has 0 saturated carbocycles. The molecular formula is C15H17BrN2O3. The zero-order valence-corrected chi connectivity index (χ0v) is 13.5. The highest BCUT2D eigenvalue weighted by Gasteiger charge is 2.15. The van der Waals surface area contributed by atoms with Crippen LogP contribution in [-0.2, 0) is 16.1 Å². The van der Waals surface area contributed by atoms with Crippen molar-refractivity contribution >= 4 is 38.7 Å². The first-order chi connectivity index (χ1) is 9.88. The lowest BCUT2D eigenvalue weighted by Gasteiger charge is -2.08. The maximum atomic E-state index is 11.8. The van der Waals surface area contributed by atoms with Crippen LogP contribution < -0.4 is 5.73 Å². The predicted octanol–water partition coefficient (Wildman–Crippen LogP) is 2.70. The van der Waals surface area contributed by atoms with Gasteiger partial charge in [0.05, 0.1) is 12.2 Å². The summed E-state index contributed by atoms with van der Waals surface area (Å²) in [5.41, 5.74) is 6.55. The second-order valence-electron chi connectivity index (χ2n) is 5.27. The molecule has 0 aliphatic carbocycles. The van der Waals surface area contributed by atoms with Gasteiger partial charge >= 0.3 is 5.97 Å². The Balaban J connectivity index is 2.32. The standard InChI is InChI=1S/C15H17BrN2O3/c1-9(2)8-21-14(19)7-18-6-12(15(17)20)11-5-10(16)3-4-13(11)18/h3-6,9H,7-8H2,1-2H3,(H2,17,20). The van der Waals surface area contributed by atoms with Gasteiger partial charge in [0, 0.05) is 21.6 Å². The summed E-state index contributed by atoms with van der Waals surface area (Å²) in [5, 5.41) is 0.716. The molecule has 2 rings (SSSR count). The third-order valence-electron chi connectivity index (χ3n) is 2.99. The number of amides is 1. The Morgan fingerprint density at radius 3 is 2.71 bits per heavy atom. The highest BCUT2D eigenvalue weighted by molar-refractivity contribution is 9.10. The molecule has 0 spiro atoms. The van der Waals surface area contributed by atoms with Crippen molar-refractivity contribution in [2.24, 2.45) is 11.7 Å². The second kappa shape index (κ2) is 6.30. The number of nitrogens with two attached hydrogens (primary N) is 1. The monoisotopic (exact) mass is 352 g/mol. The van der Waals surface area contributed by atoms with Crippen molar-refractivity contribution in [2.75, 3.05) is 6.61 Å². The number of aromatic nitrogens is 1. The van der Waals surface area contributed by atoms with E-state index in [1.807, 2.05) is 32.0 Å². The number of rotatable bonds is 5. The largest absolute Gasteiger partial charge is 0.464 e. The number of halogens is 1. The van der Waals surface area contributed by atoms with Crippen molar-refractivity contribution < 1.29 is 14.3 Å². The van der Waals surface area contributed by atoms with Crippen molar-refractivity contribution in [2.45, 2.75) is 20.4 Å². The molecule has 0 radical (unpaired) electrons. The fourth-order valence-electron chi connectivity index (χ4n) is 2.04. The average Bonchev–Trinajstić information content (AvgIpc) is 2.74. The molecule has 6 heteroatoms. The quantitative estimate of drug-likeness (QED) is 0.840. The summed E-state index contributed by atoms with van der Waals surface area (Å²) >= 11 is 3.36. The summed E-state index contributed by atoms with van der Waals surface area (Å²) in [6.45, 7) is 4.38. The van der Waals surface area contributed by atoms with E-state index in [0.29, 0.717) is 17.6 Å². The van der Waals surface area contributed by atoms with Gasteiger partial charge in [0.25, 0.3) is 5.91 Å². The molecule has 0 atom stereocenters. The number of carbonyl (C=O) groups is 2. The molecule has 1 aromatic heterocycles. The summed E-state index contributed by atoms with van der Waals surface area (Å²) in [6, 6.07) is 5.50. The number of fused-ring (bicyclic) bond motifs is 1. The third kappa shape index (κ3) is 3.64. The van der Waals surface area contributed by atoms with Crippen LogP contribution >= 0.6 is 15.9 Å².